The topological polar surface area (TPSA) is 81.7 Å². The highest BCUT2D eigenvalue weighted by molar-refractivity contribution is 5.82. The summed E-state index contributed by atoms with van der Waals surface area (Å²) in [7, 11) is 4.02. The number of nitrogens with zero attached hydrogens (tertiary/aromatic N) is 1. The van der Waals surface area contributed by atoms with Gasteiger partial charge in [-0.25, -0.2) is 9.59 Å². The minimum Gasteiger partial charge on any atom is -0.480 e. The van der Waals surface area contributed by atoms with Gasteiger partial charge in [-0.05, 0) is 45.8 Å². The van der Waals surface area contributed by atoms with Gasteiger partial charge in [-0.1, -0.05) is 12.8 Å². The molecule has 0 radical (unpaired) electrons. The molecule has 0 aromatic heterocycles. The molecule has 0 heterocycles. The molecule has 1 aliphatic rings. The summed E-state index contributed by atoms with van der Waals surface area (Å²) in [4.78, 5) is 24.7. The van der Waals surface area contributed by atoms with Crippen LogP contribution in [0.25, 0.3) is 0 Å². The number of carbonyl (C=O) groups is 2. The third-order valence-electron chi connectivity index (χ3n) is 3.19. The van der Waals surface area contributed by atoms with Crippen LogP contribution in [0.15, 0.2) is 0 Å². The molecule has 1 unspecified atom stereocenters. The maximum absolute atomic E-state index is 11.6. The quantitative estimate of drug-likeness (QED) is 0.544. The average Bonchev–Trinajstić information content (AvgIpc) is 3.11. The first-order chi connectivity index (χ1) is 8.99. The molecule has 1 rings (SSSR count). The fourth-order valence-electron chi connectivity index (χ4n) is 1.87. The molecular formula is C13H25N3O3. The number of nitrogens with one attached hydrogen (secondary N) is 2. The van der Waals surface area contributed by atoms with E-state index in [1.165, 1.54) is 0 Å². The van der Waals surface area contributed by atoms with E-state index in [4.69, 9.17) is 5.11 Å². The van der Waals surface area contributed by atoms with Gasteiger partial charge in [-0.3, -0.25) is 0 Å². The minimum atomic E-state index is -0.949. The van der Waals surface area contributed by atoms with Crippen molar-refractivity contribution in [1.29, 1.82) is 0 Å². The number of aliphatic carboxylic acids is 1. The van der Waals surface area contributed by atoms with E-state index >= 15 is 0 Å². The van der Waals surface area contributed by atoms with Crippen molar-refractivity contribution in [2.45, 2.75) is 38.1 Å². The Labute approximate surface area is 114 Å². The van der Waals surface area contributed by atoms with Crippen molar-refractivity contribution in [2.75, 3.05) is 27.2 Å². The van der Waals surface area contributed by atoms with E-state index in [0.29, 0.717) is 18.9 Å². The summed E-state index contributed by atoms with van der Waals surface area (Å²) in [6.07, 6.45) is 4.61. The molecule has 110 valence electrons. The molecule has 0 aromatic rings. The first-order valence-electron chi connectivity index (χ1n) is 6.91. The highest BCUT2D eigenvalue weighted by Gasteiger charge is 2.30. The lowest BCUT2D eigenvalue weighted by molar-refractivity contribution is -0.139. The summed E-state index contributed by atoms with van der Waals surface area (Å²) < 4.78 is 0. The Hall–Kier alpha value is -1.30. The van der Waals surface area contributed by atoms with E-state index in [9.17, 15) is 9.59 Å². The third-order valence-corrected chi connectivity index (χ3v) is 3.19. The summed E-state index contributed by atoms with van der Waals surface area (Å²) in [5.74, 6) is -0.476. The van der Waals surface area contributed by atoms with E-state index in [1.807, 2.05) is 14.1 Å². The molecule has 6 nitrogen and oxygen atoms in total. The van der Waals surface area contributed by atoms with Gasteiger partial charge in [0, 0.05) is 6.54 Å². The number of hydrogen-bond acceptors (Lipinski definition) is 3. The van der Waals surface area contributed by atoms with Gasteiger partial charge in [0.05, 0.1) is 0 Å². The summed E-state index contributed by atoms with van der Waals surface area (Å²) >= 11 is 0. The fourth-order valence-corrected chi connectivity index (χ4v) is 1.87. The van der Waals surface area contributed by atoms with Gasteiger partial charge in [0.1, 0.15) is 6.04 Å². The number of urea groups is 1. The van der Waals surface area contributed by atoms with E-state index in [-0.39, 0.29) is 6.03 Å². The molecule has 0 aliphatic heterocycles. The number of carboxylic acid groups (broad SMARTS) is 1. The van der Waals surface area contributed by atoms with Crippen molar-refractivity contribution in [2.24, 2.45) is 5.92 Å². The number of hydrogen-bond donors (Lipinski definition) is 3. The number of amides is 2. The van der Waals surface area contributed by atoms with Gasteiger partial charge in [0.25, 0.3) is 0 Å². The van der Waals surface area contributed by atoms with Crippen LogP contribution in [0.2, 0.25) is 0 Å². The van der Waals surface area contributed by atoms with Crippen LogP contribution in [-0.2, 0) is 4.79 Å². The fraction of sp³-hybridized carbons (Fsp3) is 0.846. The van der Waals surface area contributed by atoms with E-state index in [1.54, 1.807) is 0 Å². The number of carbonyl (C=O) groups excluding carboxylic acids is 1. The molecule has 0 saturated heterocycles. The largest absolute Gasteiger partial charge is 0.480 e. The highest BCUT2D eigenvalue weighted by atomic mass is 16.4. The van der Waals surface area contributed by atoms with Gasteiger partial charge in [0.2, 0.25) is 0 Å². The monoisotopic (exact) mass is 271 g/mol. The standard InChI is InChI=1S/C13H25N3O3/c1-16(2)8-4-3-7-14-13(19)15-11(12(17)18)9-10-5-6-10/h10-11H,3-9H2,1-2H3,(H,17,18)(H2,14,15,19). The van der Waals surface area contributed by atoms with Crippen LogP contribution in [-0.4, -0.2) is 55.2 Å². The minimum absolute atomic E-state index is 0.377. The average molecular weight is 271 g/mol. The Morgan fingerprint density at radius 1 is 1.32 bits per heavy atom. The van der Waals surface area contributed by atoms with Crippen LogP contribution < -0.4 is 10.6 Å². The number of unbranched alkanes of at least 4 members (excludes halogenated alkanes) is 1. The lowest BCUT2D eigenvalue weighted by Gasteiger charge is -2.15. The Morgan fingerprint density at radius 3 is 2.53 bits per heavy atom. The Bertz CT molecular complexity index is 304. The molecule has 1 fully saturated rings. The van der Waals surface area contributed by atoms with Crippen molar-refractivity contribution < 1.29 is 14.7 Å². The van der Waals surface area contributed by atoms with Gasteiger partial charge < -0.3 is 20.6 Å². The molecule has 0 aromatic carbocycles. The molecule has 0 spiro atoms. The zero-order chi connectivity index (χ0) is 14.3. The van der Waals surface area contributed by atoms with Gasteiger partial charge in [-0.15, -0.1) is 0 Å². The number of carboxylic acids is 1. The smallest absolute Gasteiger partial charge is 0.326 e. The van der Waals surface area contributed by atoms with Crippen LogP contribution in [0, 0.1) is 5.92 Å². The number of rotatable bonds is 9. The Balaban J connectivity index is 2.11. The molecule has 19 heavy (non-hydrogen) atoms. The Morgan fingerprint density at radius 2 is 2.00 bits per heavy atom. The van der Waals surface area contributed by atoms with E-state index < -0.39 is 12.0 Å². The molecule has 1 aliphatic carbocycles. The van der Waals surface area contributed by atoms with Gasteiger partial charge >= 0.3 is 12.0 Å². The van der Waals surface area contributed by atoms with Crippen LogP contribution in [0.3, 0.4) is 0 Å². The molecular weight excluding hydrogens is 246 g/mol. The molecule has 1 saturated carbocycles. The molecule has 0 bridgehead atoms. The normalized spacial score (nSPS) is 16.2. The first-order valence-corrected chi connectivity index (χ1v) is 6.91. The SMILES string of the molecule is CN(C)CCCCNC(=O)NC(CC1CC1)C(=O)O. The predicted molar refractivity (Wildman–Crippen MR) is 73.1 cm³/mol. The lowest BCUT2D eigenvalue weighted by atomic mass is 10.1. The van der Waals surface area contributed by atoms with Gasteiger partial charge in [-0.2, -0.15) is 0 Å². The maximum Gasteiger partial charge on any atom is 0.326 e. The van der Waals surface area contributed by atoms with E-state index in [0.717, 1.165) is 32.2 Å². The van der Waals surface area contributed by atoms with Crippen molar-refractivity contribution in [3.63, 3.8) is 0 Å². The maximum atomic E-state index is 11.6. The zero-order valence-electron chi connectivity index (χ0n) is 11.8. The third kappa shape index (κ3) is 7.66. The zero-order valence-corrected chi connectivity index (χ0v) is 11.8. The van der Waals surface area contributed by atoms with Crippen LogP contribution in [0.1, 0.15) is 32.1 Å². The summed E-state index contributed by atoms with van der Waals surface area (Å²) in [5.41, 5.74) is 0. The van der Waals surface area contributed by atoms with Crippen LogP contribution >= 0.6 is 0 Å². The summed E-state index contributed by atoms with van der Waals surface area (Å²) in [5, 5.41) is 14.3. The van der Waals surface area contributed by atoms with Crippen molar-refractivity contribution in [3.05, 3.63) is 0 Å². The first kappa shape index (κ1) is 15.8. The van der Waals surface area contributed by atoms with Crippen LogP contribution in [0.4, 0.5) is 4.79 Å². The van der Waals surface area contributed by atoms with Crippen molar-refractivity contribution >= 4 is 12.0 Å². The second-order valence-corrected chi connectivity index (χ2v) is 5.48. The summed E-state index contributed by atoms with van der Waals surface area (Å²) in [6, 6.07) is -1.13. The lowest BCUT2D eigenvalue weighted by Crippen LogP contribution is -2.46. The van der Waals surface area contributed by atoms with Crippen LogP contribution in [0.5, 0.6) is 0 Å². The molecule has 1 atom stereocenters. The molecule has 2 amide bonds. The van der Waals surface area contributed by atoms with Crippen molar-refractivity contribution in [3.8, 4) is 0 Å². The van der Waals surface area contributed by atoms with E-state index in [2.05, 4.69) is 15.5 Å². The van der Waals surface area contributed by atoms with Gasteiger partial charge in [0.15, 0.2) is 0 Å². The summed E-state index contributed by atoms with van der Waals surface area (Å²) in [6.45, 7) is 1.57. The second-order valence-electron chi connectivity index (χ2n) is 5.48. The highest BCUT2D eigenvalue weighted by Crippen LogP contribution is 2.33. The predicted octanol–water partition coefficient (Wildman–Crippen LogP) is 0.881. The van der Waals surface area contributed by atoms with Crippen molar-refractivity contribution in [1.82, 2.24) is 15.5 Å². The Kier molecular flexibility index (Phi) is 6.62. The molecule has 3 N–H and O–H groups in total. The second kappa shape index (κ2) is 7.99. The molecule has 6 heteroatoms.